The number of carbonyl (C=O) groups excluding carboxylic acids is 1. The third-order valence-electron chi connectivity index (χ3n) is 4.72. The Hall–Kier alpha value is -1.11. The smallest absolute Gasteiger partial charge is 0.336 e. The lowest BCUT2D eigenvalue weighted by molar-refractivity contribution is -0.344. The minimum atomic E-state index is -1.58. The van der Waals surface area contributed by atoms with Gasteiger partial charge in [-0.3, -0.25) is 0 Å². The van der Waals surface area contributed by atoms with Crippen LogP contribution in [0.1, 0.15) is 6.42 Å². The second-order valence-corrected chi connectivity index (χ2v) is 6.19. The molecule has 0 aromatic heterocycles. The maximum atomic E-state index is 11.8. The zero-order valence-corrected chi connectivity index (χ0v) is 13.4. The molecule has 0 bridgehead atoms. The van der Waals surface area contributed by atoms with E-state index in [4.69, 9.17) is 18.9 Å². The maximum absolute atomic E-state index is 11.8. The van der Waals surface area contributed by atoms with Crippen molar-refractivity contribution in [3.05, 3.63) is 11.1 Å². The fourth-order valence-electron chi connectivity index (χ4n) is 3.27. The molecular formula is C15H22O10. The van der Waals surface area contributed by atoms with Gasteiger partial charge in [0.25, 0.3) is 0 Å². The molecule has 0 radical (unpaired) electrons. The van der Waals surface area contributed by atoms with E-state index in [0.717, 1.165) is 0 Å². The topological polar surface area (TPSA) is 155 Å². The molecular weight excluding hydrogens is 340 g/mol. The van der Waals surface area contributed by atoms with Crippen LogP contribution in [0.25, 0.3) is 0 Å². The Morgan fingerprint density at radius 2 is 1.80 bits per heavy atom. The van der Waals surface area contributed by atoms with Gasteiger partial charge in [0.15, 0.2) is 12.6 Å². The molecule has 142 valence electrons. The predicted molar refractivity (Wildman–Crippen MR) is 77.8 cm³/mol. The molecule has 0 spiro atoms. The lowest BCUT2D eigenvalue weighted by atomic mass is 9.88. The molecule has 3 rings (SSSR count). The first-order chi connectivity index (χ1) is 12.0. The normalized spacial score (nSPS) is 42.1. The van der Waals surface area contributed by atoms with E-state index in [0.29, 0.717) is 17.6 Å². The van der Waals surface area contributed by atoms with Crippen LogP contribution in [0.3, 0.4) is 0 Å². The van der Waals surface area contributed by atoms with Crippen LogP contribution in [0.4, 0.5) is 0 Å². The average molecular weight is 362 g/mol. The molecule has 1 saturated heterocycles. The SMILES string of the molecule is O=C1OCCC2=C1COC(OC1OC(CO)C(O)C(O)C1O)C2CO. The Morgan fingerprint density at radius 1 is 1.04 bits per heavy atom. The summed E-state index contributed by atoms with van der Waals surface area (Å²) < 4.78 is 21.3. The van der Waals surface area contributed by atoms with Crippen LogP contribution in [-0.2, 0) is 23.7 Å². The number of esters is 1. The van der Waals surface area contributed by atoms with Crippen LogP contribution in [0.2, 0.25) is 0 Å². The Morgan fingerprint density at radius 3 is 2.48 bits per heavy atom. The van der Waals surface area contributed by atoms with Crippen LogP contribution < -0.4 is 0 Å². The standard InChI is InChI=1S/C15H22O10/c16-3-7-6-1-2-22-13(21)8(6)5-23-14(7)25-15-12(20)11(19)10(18)9(4-17)24-15/h7,9-12,14-20H,1-5H2. The van der Waals surface area contributed by atoms with Gasteiger partial charge < -0.3 is 44.5 Å². The summed E-state index contributed by atoms with van der Waals surface area (Å²) in [6.45, 7) is -0.831. The van der Waals surface area contributed by atoms with Crippen molar-refractivity contribution in [2.75, 3.05) is 26.4 Å². The van der Waals surface area contributed by atoms with Crippen molar-refractivity contribution in [2.24, 2.45) is 5.92 Å². The Balaban J connectivity index is 1.75. The number of rotatable bonds is 4. The number of aliphatic hydroxyl groups is 5. The van der Waals surface area contributed by atoms with E-state index in [9.17, 15) is 30.3 Å². The fraction of sp³-hybridized carbons (Fsp3) is 0.800. The van der Waals surface area contributed by atoms with E-state index in [2.05, 4.69) is 0 Å². The van der Waals surface area contributed by atoms with Gasteiger partial charge in [-0.2, -0.15) is 0 Å². The van der Waals surface area contributed by atoms with Gasteiger partial charge in [0.1, 0.15) is 24.4 Å². The second kappa shape index (κ2) is 7.64. The predicted octanol–water partition coefficient (Wildman–Crippen LogP) is -2.99. The summed E-state index contributed by atoms with van der Waals surface area (Å²) >= 11 is 0. The minimum absolute atomic E-state index is 0.0766. The second-order valence-electron chi connectivity index (χ2n) is 6.19. The molecule has 3 aliphatic heterocycles. The maximum Gasteiger partial charge on any atom is 0.336 e. The van der Waals surface area contributed by atoms with Gasteiger partial charge in [0.2, 0.25) is 0 Å². The molecule has 10 heteroatoms. The first kappa shape index (κ1) is 18.7. The number of hydrogen-bond acceptors (Lipinski definition) is 10. The number of carbonyl (C=O) groups is 1. The third-order valence-corrected chi connectivity index (χ3v) is 4.72. The van der Waals surface area contributed by atoms with Gasteiger partial charge >= 0.3 is 5.97 Å². The van der Waals surface area contributed by atoms with Gasteiger partial charge in [-0.1, -0.05) is 0 Å². The van der Waals surface area contributed by atoms with Crippen LogP contribution in [0.5, 0.6) is 0 Å². The first-order valence-corrected chi connectivity index (χ1v) is 8.05. The monoisotopic (exact) mass is 362 g/mol. The van der Waals surface area contributed by atoms with Gasteiger partial charge in [0.05, 0.1) is 37.9 Å². The van der Waals surface area contributed by atoms with Gasteiger partial charge in [-0.05, 0) is 5.57 Å². The van der Waals surface area contributed by atoms with E-state index < -0.39 is 55.5 Å². The van der Waals surface area contributed by atoms with E-state index in [1.165, 1.54) is 0 Å². The highest BCUT2D eigenvalue weighted by Gasteiger charge is 2.47. The lowest BCUT2D eigenvalue weighted by Crippen LogP contribution is -2.60. The zero-order valence-electron chi connectivity index (χ0n) is 13.4. The zero-order chi connectivity index (χ0) is 18.1. The molecule has 10 nitrogen and oxygen atoms in total. The first-order valence-electron chi connectivity index (χ1n) is 8.05. The molecule has 0 saturated carbocycles. The highest BCUT2D eigenvalue weighted by atomic mass is 16.8. The van der Waals surface area contributed by atoms with Crippen molar-refractivity contribution in [3.63, 3.8) is 0 Å². The molecule has 3 heterocycles. The Labute approximate surface area is 143 Å². The fourth-order valence-corrected chi connectivity index (χ4v) is 3.27. The Kier molecular flexibility index (Phi) is 5.71. The quantitative estimate of drug-likeness (QED) is 0.327. The summed E-state index contributed by atoms with van der Waals surface area (Å²) in [5.74, 6) is -1.16. The lowest BCUT2D eigenvalue weighted by Gasteiger charge is -2.43. The summed E-state index contributed by atoms with van der Waals surface area (Å²) in [7, 11) is 0. The number of aliphatic hydroxyl groups excluding tert-OH is 5. The molecule has 7 atom stereocenters. The number of hydrogen-bond donors (Lipinski definition) is 5. The van der Waals surface area contributed by atoms with Crippen LogP contribution in [-0.4, -0.2) is 94.9 Å². The number of ether oxygens (including phenoxy) is 4. The summed E-state index contributed by atoms with van der Waals surface area (Å²) in [4.78, 5) is 11.8. The van der Waals surface area contributed by atoms with Crippen LogP contribution >= 0.6 is 0 Å². The average Bonchev–Trinajstić information content (AvgIpc) is 2.62. The number of cyclic esters (lactones) is 1. The van der Waals surface area contributed by atoms with Crippen LogP contribution in [0, 0.1) is 5.92 Å². The van der Waals surface area contributed by atoms with E-state index in [1.54, 1.807) is 0 Å². The third kappa shape index (κ3) is 3.44. The van der Waals surface area contributed by atoms with E-state index in [1.807, 2.05) is 0 Å². The van der Waals surface area contributed by atoms with Crippen molar-refractivity contribution < 1.29 is 49.3 Å². The highest BCUT2D eigenvalue weighted by Crippen LogP contribution is 2.35. The molecule has 0 amide bonds. The molecule has 7 unspecified atom stereocenters. The molecule has 0 aromatic carbocycles. The molecule has 0 aliphatic carbocycles. The largest absolute Gasteiger partial charge is 0.462 e. The van der Waals surface area contributed by atoms with E-state index >= 15 is 0 Å². The van der Waals surface area contributed by atoms with E-state index in [-0.39, 0.29) is 19.8 Å². The molecule has 3 aliphatic rings. The molecule has 1 fully saturated rings. The Bertz CT molecular complexity index is 532. The van der Waals surface area contributed by atoms with Crippen molar-refractivity contribution in [3.8, 4) is 0 Å². The molecule has 0 aromatic rings. The minimum Gasteiger partial charge on any atom is -0.462 e. The highest BCUT2D eigenvalue weighted by molar-refractivity contribution is 5.90. The van der Waals surface area contributed by atoms with Gasteiger partial charge in [-0.25, -0.2) is 4.79 Å². The van der Waals surface area contributed by atoms with Gasteiger partial charge in [-0.15, -0.1) is 0 Å². The van der Waals surface area contributed by atoms with Crippen LogP contribution in [0.15, 0.2) is 11.1 Å². The van der Waals surface area contributed by atoms with Crippen molar-refractivity contribution in [2.45, 2.75) is 43.4 Å². The molecule has 5 N–H and O–H groups in total. The van der Waals surface area contributed by atoms with Crippen molar-refractivity contribution in [1.82, 2.24) is 0 Å². The van der Waals surface area contributed by atoms with Crippen molar-refractivity contribution >= 4 is 5.97 Å². The molecule has 25 heavy (non-hydrogen) atoms. The summed E-state index contributed by atoms with van der Waals surface area (Å²) in [6, 6.07) is 0. The summed E-state index contributed by atoms with van der Waals surface area (Å²) in [6.07, 6.45) is -7.74. The van der Waals surface area contributed by atoms with Gasteiger partial charge in [0, 0.05) is 6.42 Å². The van der Waals surface area contributed by atoms with Crippen molar-refractivity contribution in [1.29, 1.82) is 0 Å². The summed E-state index contributed by atoms with van der Waals surface area (Å²) in [5.41, 5.74) is 1.01. The summed E-state index contributed by atoms with van der Waals surface area (Å²) in [5, 5.41) is 48.5.